The minimum absolute atomic E-state index is 0.0277. The Morgan fingerprint density at radius 2 is 1.96 bits per heavy atom. The quantitative estimate of drug-likeness (QED) is 0.605. The van der Waals surface area contributed by atoms with Gasteiger partial charge in [-0.15, -0.1) is 0 Å². The molecule has 8 nitrogen and oxygen atoms in total. The Bertz CT molecular complexity index is 930. The van der Waals surface area contributed by atoms with Crippen LogP contribution >= 0.6 is 11.6 Å². The summed E-state index contributed by atoms with van der Waals surface area (Å²) in [4.78, 5) is 27.2. The Hall–Kier alpha value is -2.52. The normalized spacial score (nSPS) is 11.1. The topological polar surface area (TPSA) is 110 Å². The SMILES string of the molecule is CC(=O)N(c1ccc(S(C)(=O)=O)c(Cl)c1)c1cc([N+](=O)[O-])ccn1. The lowest BCUT2D eigenvalue weighted by atomic mass is 10.2. The van der Waals surface area contributed by atoms with Crippen molar-refractivity contribution in [2.24, 2.45) is 0 Å². The van der Waals surface area contributed by atoms with Gasteiger partial charge in [-0.3, -0.25) is 19.8 Å². The van der Waals surface area contributed by atoms with Gasteiger partial charge in [-0.25, -0.2) is 13.4 Å². The summed E-state index contributed by atoms with van der Waals surface area (Å²) in [5.41, 5.74) is 0.0120. The van der Waals surface area contributed by atoms with Crippen LogP contribution in [0.5, 0.6) is 0 Å². The molecule has 126 valence electrons. The van der Waals surface area contributed by atoms with E-state index in [2.05, 4.69) is 4.98 Å². The van der Waals surface area contributed by atoms with Crippen molar-refractivity contribution in [3.63, 3.8) is 0 Å². The number of halogens is 1. The lowest BCUT2D eigenvalue weighted by Gasteiger charge is -2.20. The Morgan fingerprint density at radius 1 is 1.29 bits per heavy atom. The molecule has 2 aromatic rings. The van der Waals surface area contributed by atoms with E-state index in [1.165, 1.54) is 37.4 Å². The molecule has 0 saturated heterocycles. The summed E-state index contributed by atoms with van der Waals surface area (Å²) in [5, 5.41) is 10.8. The molecule has 0 saturated carbocycles. The molecule has 10 heteroatoms. The maximum Gasteiger partial charge on any atom is 0.274 e. The van der Waals surface area contributed by atoms with Crippen molar-refractivity contribution in [3.05, 3.63) is 51.7 Å². The number of amides is 1. The summed E-state index contributed by atoms with van der Waals surface area (Å²) < 4.78 is 23.2. The number of aromatic nitrogens is 1. The van der Waals surface area contributed by atoms with Crippen molar-refractivity contribution in [1.29, 1.82) is 0 Å². The molecule has 0 spiro atoms. The molecule has 0 bridgehead atoms. The lowest BCUT2D eigenvalue weighted by molar-refractivity contribution is -0.384. The monoisotopic (exact) mass is 369 g/mol. The highest BCUT2D eigenvalue weighted by molar-refractivity contribution is 7.90. The van der Waals surface area contributed by atoms with E-state index in [0.717, 1.165) is 17.2 Å². The van der Waals surface area contributed by atoms with Crippen LogP contribution in [0.2, 0.25) is 5.02 Å². The first-order chi connectivity index (χ1) is 11.1. The zero-order chi connectivity index (χ0) is 18.1. The second kappa shape index (κ2) is 6.54. The molecule has 0 aliphatic heterocycles. The summed E-state index contributed by atoms with van der Waals surface area (Å²) in [5.74, 6) is -0.439. The first-order valence-corrected chi connectivity index (χ1v) is 8.79. The number of hydrogen-bond acceptors (Lipinski definition) is 6. The third kappa shape index (κ3) is 3.69. The summed E-state index contributed by atoms with van der Waals surface area (Å²) in [6.07, 6.45) is 2.22. The number of nitrogens with zero attached hydrogens (tertiary/aromatic N) is 3. The fourth-order valence-electron chi connectivity index (χ4n) is 2.05. The van der Waals surface area contributed by atoms with Crippen molar-refractivity contribution >= 4 is 44.5 Å². The van der Waals surface area contributed by atoms with Crippen molar-refractivity contribution in [2.45, 2.75) is 11.8 Å². The van der Waals surface area contributed by atoms with Gasteiger partial charge < -0.3 is 0 Å². The largest absolute Gasteiger partial charge is 0.274 e. The highest BCUT2D eigenvalue weighted by Gasteiger charge is 2.21. The predicted octanol–water partition coefficient (Wildman–Crippen LogP) is 2.73. The van der Waals surface area contributed by atoms with E-state index in [0.29, 0.717) is 0 Å². The molecule has 0 N–H and O–H groups in total. The Morgan fingerprint density at radius 3 is 2.46 bits per heavy atom. The van der Waals surface area contributed by atoms with Gasteiger partial charge in [0, 0.05) is 25.4 Å². The number of anilines is 2. The number of pyridine rings is 1. The third-order valence-electron chi connectivity index (χ3n) is 3.06. The molecule has 0 aliphatic rings. The van der Waals surface area contributed by atoms with Crippen molar-refractivity contribution < 1.29 is 18.1 Å². The molecule has 0 fully saturated rings. The molecular weight excluding hydrogens is 358 g/mol. The van der Waals surface area contributed by atoms with Crippen LogP contribution in [0, 0.1) is 10.1 Å². The predicted molar refractivity (Wildman–Crippen MR) is 88.3 cm³/mol. The number of carbonyl (C=O) groups is 1. The van der Waals surface area contributed by atoms with Crippen LogP contribution in [0.3, 0.4) is 0 Å². The average Bonchev–Trinajstić information content (AvgIpc) is 2.46. The Balaban J connectivity index is 2.57. The standard InChI is InChI=1S/C14H12ClN3O5S/c1-9(19)17(14-8-11(18(20)21)5-6-16-14)10-3-4-13(12(15)7-10)24(2,22)23/h3-8H,1-2H3. The third-order valence-corrected chi connectivity index (χ3v) is 4.64. The van der Waals surface area contributed by atoms with Crippen molar-refractivity contribution in [2.75, 3.05) is 11.2 Å². The average molecular weight is 370 g/mol. The summed E-state index contributed by atoms with van der Waals surface area (Å²) in [7, 11) is -3.52. The van der Waals surface area contributed by atoms with Gasteiger partial charge in [-0.2, -0.15) is 0 Å². The van der Waals surface area contributed by atoms with Crippen LogP contribution in [0.25, 0.3) is 0 Å². The van der Waals surface area contributed by atoms with Crippen LogP contribution in [0.4, 0.5) is 17.2 Å². The molecule has 0 atom stereocenters. The van der Waals surface area contributed by atoms with Gasteiger partial charge in [0.2, 0.25) is 5.91 Å². The van der Waals surface area contributed by atoms with Gasteiger partial charge in [-0.1, -0.05) is 11.6 Å². The van der Waals surface area contributed by atoms with Crippen molar-refractivity contribution in [1.82, 2.24) is 4.98 Å². The van der Waals surface area contributed by atoms with E-state index in [1.54, 1.807) is 0 Å². The molecule has 24 heavy (non-hydrogen) atoms. The van der Waals surface area contributed by atoms with Crippen LogP contribution in [-0.4, -0.2) is 30.5 Å². The van der Waals surface area contributed by atoms with E-state index < -0.39 is 20.7 Å². The molecular formula is C14H12ClN3O5S. The Labute approximate surface area is 142 Å². The van der Waals surface area contributed by atoms with E-state index in [9.17, 15) is 23.3 Å². The zero-order valence-electron chi connectivity index (χ0n) is 12.6. The van der Waals surface area contributed by atoms with E-state index >= 15 is 0 Å². The van der Waals surface area contributed by atoms with Gasteiger partial charge in [0.15, 0.2) is 9.84 Å². The maximum absolute atomic E-state index is 12.0. The van der Waals surface area contributed by atoms with Gasteiger partial charge in [-0.05, 0) is 18.2 Å². The van der Waals surface area contributed by atoms with E-state index in [4.69, 9.17) is 11.6 Å². The highest BCUT2D eigenvalue weighted by Crippen LogP contribution is 2.31. The smallest absolute Gasteiger partial charge is 0.274 e. The van der Waals surface area contributed by atoms with E-state index in [1.807, 2.05) is 0 Å². The minimum atomic E-state index is -3.52. The van der Waals surface area contributed by atoms with Gasteiger partial charge in [0.25, 0.3) is 5.69 Å². The fourth-order valence-corrected chi connectivity index (χ4v) is 3.37. The van der Waals surface area contributed by atoms with Gasteiger partial charge in [0.05, 0.1) is 26.6 Å². The maximum atomic E-state index is 12.0. The zero-order valence-corrected chi connectivity index (χ0v) is 14.2. The minimum Gasteiger partial charge on any atom is -0.274 e. The molecule has 0 radical (unpaired) electrons. The number of sulfone groups is 1. The van der Waals surface area contributed by atoms with Crippen LogP contribution < -0.4 is 4.90 Å². The number of benzene rings is 1. The fraction of sp³-hybridized carbons (Fsp3) is 0.143. The van der Waals surface area contributed by atoms with Crippen LogP contribution in [0.1, 0.15) is 6.92 Å². The molecule has 1 aromatic heterocycles. The first kappa shape index (κ1) is 17.8. The van der Waals surface area contributed by atoms with E-state index in [-0.39, 0.29) is 27.1 Å². The molecule has 1 amide bonds. The van der Waals surface area contributed by atoms with Crippen LogP contribution in [0.15, 0.2) is 41.4 Å². The van der Waals surface area contributed by atoms with Gasteiger partial charge >= 0.3 is 0 Å². The van der Waals surface area contributed by atoms with Crippen LogP contribution in [-0.2, 0) is 14.6 Å². The molecule has 0 aliphatic carbocycles. The highest BCUT2D eigenvalue weighted by atomic mass is 35.5. The second-order valence-electron chi connectivity index (χ2n) is 4.87. The molecule has 1 heterocycles. The van der Waals surface area contributed by atoms with Crippen molar-refractivity contribution in [3.8, 4) is 0 Å². The summed E-state index contributed by atoms with van der Waals surface area (Å²) in [6, 6.07) is 6.27. The summed E-state index contributed by atoms with van der Waals surface area (Å²) in [6.45, 7) is 1.25. The lowest BCUT2D eigenvalue weighted by Crippen LogP contribution is -2.24. The Kier molecular flexibility index (Phi) is 4.86. The van der Waals surface area contributed by atoms with Gasteiger partial charge in [0.1, 0.15) is 5.82 Å². The molecule has 1 aromatic carbocycles. The summed E-state index contributed by atoms with van der Waals surface area (Å²) >= 11 is 5.99. The second-order valence-corrected chi connectivity index (χ2v) is 7.26. The molecule has 0 unspecified atom stereocenters. The number of nitro groups is 1. The number of hydrogen-bond donors (Lipinski definition) is 0. The number of carbonyl (C=O) groups excluding carboxylic acids is 1. The number of rotatable bonds is 4. The molecule has 2 rings (SSSR count). The first-order valence-electron chi connectivity index (χ1n) is 6.52.